The van der Waals surface area contributed by atoms with Gasteiger partial charge >= 0.3 is 0 Å². The number of anilines is 1. The molecule has 0 aromatic heterocycles. The van der Waals surface area contributed by atoms with Crippen molar-refractivity contribution >= 4 is 17.6 Å². The Morgan fingerprint density at radius 1 is 1.31 bits per heavy atom. The summed E-state index contributed by atoms with van der Waals surface area (Å²) in [5, 5.41) is 6.38. The summed E-state index contributed by atoms with van der Waals surface area (Å²) in [6, 6.07) is 5.55. The minimum atomic E-state index is 0.200. The van der Waals surface area contributed by atoms with Crippen LogP contribution in [0.15, 0.2) is 23.2 Å². The Bertz CT molecular complexity index is 633. The van der Waals surface area contributed by atoms with Gasteiger partial charge in [0.15, 0.2) is 17.5 Å². The van der Waals surface area contributed by atoms with Gasteiger partial charge in [-0.25, -0.2) is 0 Å². The molecule has 7 nitrogen and oxygen atoms in total. The van der Waals surface area contributed by atoms with Crippen molar-refractivity contribution in [3.05, 3.63) is 18.2 Å². The van der Waals surface area contributed by atoms with E-state index in [-0.39, 0.29) is 5.91 Å². The van der Waals surface area contributed by atoms with Gasteiger partial charge in [0, 0.05) is 44.9 Å². The molecule has 26 heavy (non-hydrogen) atoms. The summed E-state index contributed by atoms with van der Waals surface area (Å²) >= 11 is 0. The van der Waals surface area contributed by atoms with E-state index in [1.165, 1.54) is 6.42 Å². The molecule has 0 aliphatic carbocycles. The molecule has 1 aliphatic rings. The minimum absolute atomic E-state index is 0.200. The van der Waals surface area contributed by atoms with Crippen LogP contribution in [-0.4, -0.2) is 57.7 Å². The highest BCUT2D eigenvalue weighted by Crippen LogP contribution is 2.29. The number of methoxy groups -OCH3 is 2. The van der Waals surface area contributed by atoms with Crippen LogP contribution < -0.4 is 20.1 Å². The molecule has 0 radical (unpaired) electrons. The SMILES string of the molecule is CN=C(NCCC(=O)N1CCCC(C)C1)Nc1ccc(OC)c(OC)c1. The van der Waals surface area contributed by atoms with Crippen LogP contribution in [-0.2, 0) is 4.79 Å². The molecule has 2 N–H and O–H groups in total. The largest absolute Gasteiger partial charge is 0.493 e. The van der Waals surface area contributed by atoms with E-state index in [0.29, 0.717) is 36.3 Å². The van der Waals surface area contributed by atoms with E-state index in [0.717, 1.165) is 25.2 Å². The van der Waals surface area contributed by atoms with Gasteiger partial charge in [-0.1, -0.05) is 6.92 Å². The van der Waals surface area contributed by atoms with Gasteiger partial charge in [-0.15, -0.1) is 0 Å². The van der Waals surface area contributed by atoms with Crippen LogP contribution in [0.25, 0.3) is 0 Å². The van der Waals surface area contributed by atoms with Crippen molar-refractivity contribution in [2.24, 2.45) is 10.9 Å². The Morgan fingerprint density at radius 2 is 2.08 bits per heavy atom. The van der Waals surface area contributed by atoms with Crippen LogP contribution >= 0.6 is 0 Å². The first kappa shape index (κ1) is 19.9. The van der Waals surface area contributed by atoms with Crippen LogP contribution in [0.2, 0.25) is 0 Å². The van der Waals surface area contributed by atoms with Crippen LogP contribution in [0.3, 0.4) is 0 Å². The number of rotatable bonds is 6. The average Bonchev–Trinajstić information content (AvgIpc) is 2.66. The van der Waals surface area contributed by atoms with Gasteiger partial charge < -0.3 is 25.0 Å². The van der Waals surface area contributed by atoms with Gasteiger partial charge in [0.25, 0.3) is 0 Å². The first-order valence-electron chi connectivity index (χ1n) is 9.04. The summed E-state index contributed by atoms with van der Waals surface area (Å²) in [6.45, 7) is 4.49. The molecule has 1 amide bonds. The average molecular weight is 362 g/mol. The van der Waals surface area contributed by atoms with Crippen LogP contribution in [0.1, 0.15) is 26.2 Å². The summed E-state index contributed by atoms with van der Waals surface area (Å²) in [6.07, 6.45) is 2.77. The maximum atomic E-state index is 12.3. The lowest BCUT2D eigenvalue weighted by atomic mass is 10.00. The molecule has 1 heterocycles. The molecule has 7 heteroatoms. The molecule has 1 fully saturated rings. The van der Waals surface area contributed by atoms with Crippen molar-refractivity contribution in [3.8, 4) is 11.5 Å². The Labute approximate surface area is 155 Å². The maximum Gasteiger partial charge on any atom is 0.224 e. The summed E-state index contributed by atoms with van der Waals surface area (Å²) in [5.41, 5.74) is 0.826. The van der Waals surface area contributed by atoms with Crippen molar-refractivity contribution in [1.29, 1.82) is 0 Å². The van der Waals surface area contributed by atoms with E-state index in [4.69, 9.17) is 9.47 Å². The van der Waals surface area contributed by atoms with Gasteiger partial charge in [-0.2, -0.15) is 0 Å². The summed E-state index contributed by atoms with van der Waals surface area (Å²) in [7, 11) is 4.90. The number of ether oxygens (including phenoxy) is 2. The molecule has 1 unspecified atom stereocenters. The molecule has 1 saturated heterocycles. The lowest BCUT2D eigenvalue weighted by molar-refractivity contribution is -0.132. The molecule has 1 atom stereocenters. The highest BCUT2D eigenvalue weighted by atomic mass is 16.5. The number of nitrogens with zero attached hydrogens (tertiary/aromatic N) is 2. The molecule has 1 aromatic rings. The number of carbonyl (C=O) groups is 1. The Morgan fingerprint density at radius 3 is 2.73 bits per heavy atom. The zero-order valence-electron chi connectivity index (χ0n) is 16.2. The Hall–Kier alpha value is -2.44. The normalized spacial score (nSPS) is 17.6. The number of hydrogen-bond donors (Lipinski definition) is 2. The van der Waals surface area contributed by atoms with Crippen LogP contribution in [0.4, 0.5) is 5.69 Å². The predicted molar refractivity (Wildman–Crippen MR) is 104 cm³/mol. The molecular weight excluding hydrogens is 332 g/mol. The lowest BCUT2D eigenvalue weighted by Gasteiger charge is -2.31. The van der Waals surface area contributed by atoms with Crippen LogP contribution in [0.5, 0.6) is 11.5 Å². The summed E-state index contributed by atoms with van der Waals surface area (Å²) in [5.74, 6) is 2.72. The van der Waals surface area contributed by atoms with Gasteiger partial charge in [-0.05, 0) is 30.9 Å². The van der Waals surface area contributed by atoms with E-state index >= 15 is 0 Å². The minimum Gasteiger partial charge on any atom is -0.493 e. The number of hydrogen-bond acceptors (Lipinski definition) is 4. The van der Waals surface area contributed by atoms with E-state index < -0.39 is 0 Å². The van der Waals surface area contributed by atoms with Gasteiger partial charge in [0.2, 0.25) is 5.91 Å². The Kier molecular flexibility index (Phi) is 7.56. The van der Waals surface area contributed by atoms with Crippen molar-refractivity contribution in [2.45, 2.75) is 26.2 Å². The fourth-order valence-electron chi connectivity index (χ4n) is 3.09. The number of aliphatic imine (C=N–C) groups is 1. The Balaban J connectivity index is 1.83. The highest BCUT2D eigenvalue weighted by molar-refractivity contribution is 5.94. The molecule has 0 bridgehead atoms. The zero-order valence-corrected chi connectivity index (χ0v) is 16.2. The van der Waals surface area contributed by atoms with Crippen molar-refractivity contribution in [1.82, 2.24) is 10.2 Å². The standard InChI is InChI=1S/C19H30N4O3/c1-14-6-5-11-23(13-14)18(24)9-10-21-19(20-2)22-15-7-8-16(25-3)17(12-15)26-4/h7-8,12,14H,5-6,9-11,13H2,1-4H3,(H2,20,21,22). The van der Waals surface area contributed by atoms with E-state index in [1.54, 1.807) is 21.3 Å². The third-order valence-corrected chi connectivity index (χ3v) is 4.51. The van der Waals surface area contributed by atoms with Crippen molar-refractivity contribution in [2.75, 3.05) is 46.2 Å². The maximum absolute atomic E-state index is 12.3. The van der Waals surface area contributed by atoms with Crippen molar-refractivity contribution < 1.29 is 14.3 Å². The second-order valence-electron chi connectivity index (χ2n) is 6.53. The first-order valence-corrected chi connectivity index (χ1v) is 9.04. The fourth-order valence-corrected chi connectivity index (χ4v) is 3.09. The summed E-state index contributed by atoms with van der Waals surface area (Å²) < 4.78 is 10.5. The number of likely N-dealkylation sites (tertiary alicyclic amines) is 1. The monoisotopic (exact) mass is 362 g/mol. The fraction of sp³-hybridized carbons (Fsp3) is 0.579. The smallest absolute Gasteiger partial charge is 0.224 e. The number of piperidine rings is 1. The molecule has 1 aromatic carbocycles. The number of amides is 1. The highest BCUT2D eigenvalue weighted by Gasteiger charge is 2.20. The first-order chi connectivity index (χ1) is 12.6. The van der Waals surface area contributed by atoms with Crippen LogP contribution in [0, 0.1) is 5.92 Å². The van der Waals surface area contributed by atoms with Gasteiger partial charge in [0.05, 0.1) is 14.2 Å². The quantitative estimate of drug-likeness (QED) is 0.600. The predicted octanol–water partition coefficient (Wildman–Crippen LogP) is 2.34. The van der Waals surface area contributed by atoms with Gasteiger partial charge in [0.1, 0.15) is 0 Å². The summed E-state index contributed by atoms with van der Waals surface area (Å²) in [4.78, 5) is 18.5. The third-order valence-electron chi connectivity index (χ3n) is 4.51. The number of nitrogens with one attached hydrogen (secondary N) is 2. The number of carbonyl (C=O) groups excluding carboxylic acids is 1. The molecule has 0 spiro atoms. The van der Waals surface area contributed by atoms with Crippen molar-refractivity contribution in [3.63, 3.8) is 0 Å². The number of benzene rings is 1. The van der Waals surface area contributed by atoms with E-state index in [9.17, 15) is 4.79 Å². The van der Waals surface area contributed by atoms with E-state index in [1.807, 2.05) is 23.1 Å². The molecule has 0 saturated carbocycles. The van der Waals surface area contributed by atoms with Gasteiger partial charge in [-0.3, -0.25) is 9.79 Å². The topological polar surface area (TPSA) is 75.2 Å². The molecular formula is C19H30N4O3. The molecule has 2 rings (SSSR count). The number of guanidine groups is 1. The zero-order chi connectivity index (χ0) is 18.9. The molecule has 1 aliphatic heterocycles. The second-order valence-corrected chi connectivity index (χ2v) is 6.53. The third kappa shape index (κ3) is 5.54. The molecule has 144 valence electrons. The lowest BCUT2D eigenvalue weighted by Crippen LogP contribution is -2.41. The second kappa shape index (κ2) is 9.89. The van der Waals surface area contributed by atoms with E-state index in [2.05, 4.69) is 22.5 Å².